The minimum Gasteiger partial charge on any atom is -0.323 e. The molecule has 0 radical (unpaired) electrons. The molecule has 7 nitrogen and oxygen atoms in total. The van der Waals surface area contributed by atoms with E-state index >= 15 is 0 Å². The Labute approximate surface area is 155 Å². The third-order valence-corrected chi connectivity index (χ3v) is 5.08. The number of aryl methyl sites for hydroxylation is 1. The summed E-state index contributed by atoms with van der Waals surface area (Å²) in [5.74, 6) is -0.717. The molecule has 0 aliphatic carbocycles. The fourth-order valence-electron chi connectivity index (χ4n) is 2.39. The molecule has 27 heavy (non-hydrogen) atoms. The van der Waals surface area contributed by atoms with E-state index in [2.05, 4.69) is 15.1 Å². The van der Waals surface area contributed by atoms with Gasteiger partial charge in [-0.1, -0.05) is 12.1 Å². The summed E-state index contributed by atoms with van der Waals surface area (Å²) in [6, 6.07) is 11.0. The third-order valence-electron chi connectivity index (χ3n) is 3.68. The number of sulfonamides is 1. The van der Waals surface area contributed by atoms with E-state index in [4.69, 9.17) is 0 Å². The molecule has 9 heteroatoms. The third kappa shape index (κ3) is 4.91. The van der Waals surface area contributed by atoms with Crippen LogP contribution >= 0.6 is 0 Å². The summed E-state index contributed by atoms with van der Waals surface area (Å²) in [5.41, 5.74) is 1.67. The van der Waals surface area contributed by atoms with Crippen molar-refractivity contribution in [2.24, 2.45) is 7.05 Å². The normalized spacial score (nSPS) is 11.2. The number of rotatable bonds is 6. The minimum atomic E-state index is -3.81. The van der Waals surface area contributed by atoms with Crippen LogP contribution in [0.4, 0.5) is 15.8 Å². The standard InChI is InChI=1S/C18H17FN4O3S/c1-23-12-16(11-20-23)21-18(24)10-13-2-6-15(7-3-13)22-27(25,26)17-8-4-14(19)5-9-17/h2-9,11-12,22H,10H2,1H3,(H,21,24). The van der Waals surface area contributed by atoms with Gasteiger partial charge in [-0.2, -0.15) is 5.10 Å². The lowest BCUT2D eigenvalue weighted by molar-refractivity contribution is -0.115. The number of nitrogens with one attached hydrogen (secondary N) is 2. The van der Waals surface area contributed by atoms with Crippen molar-refractivity contribution in [2.45, 2.75) is 11.3 Å². The number of halogens is 1. The van der Waals surface area contributed by atoms with Crippen LogP contribution in [0.2, 0.25) is 0 Å². The first kappa shape index (κ1) is 18.6. The van der Waals surface area contributed by atoms with Gasteiger partial charge in [-0.25, -0.2) is 12.8 Å². The van der Waals surface area contributed by atoms with Gasteiger partial charge in [0.05, 0.1) is 23.2 Å². The van der Waals surface area contributed by atoms with Gasteiger partial charge in [0.2, 0.25) is 5.91 Å². The minimum absolute atomic E-state index is 0.0381. The highest BCUT2D eigenvalue weighted by Gasteiger charge is 2.14. The van der Waals surface area contributed by atoms with Crippen molar-refractivity contribution in [1.29, 1.82) is 0 Å². The van der Waals surface area contributed by atoms with Gasteiger partial charge in [-0.05, 0) is 42.0 Å². The molecule has 1 amide bonds. The van der Waals surface area contributed by atoms with E-state index in [9.17, 15) is 17.6 Å². The second kappa shape index (κ2) is 7.58. The van der Waals surface area contributed by atoms with E-state index in [1.165, 1.54) is 12.1 Å². The Morgan fingerprint density at radius 1 is 1.07 bits per heavy atom. The predicted molar refractivity (Wildman–Crippen MR) is 99.2 cm³/mol. The Bertz CT molecular complexity index is 1040. The van der Waals surface area contributed by atoms with E-state index in [1.54, 1.807) is 48.4 Å². The summed E-state index contributed by atoms with van der Waals surface area (Å²) in [6.45, 7) is 0. The Kier molecular flexibility index (Phi) is 5.22. The second-order valence-corrected chi connectivity index (χ2v) is 7.57. The van der Waals surface area contributed by atoms with Crippen LogP contribution in [0.3, 0.4) is 0 Å². The molecule has 0 saturated heterocycles. The van der Waals surface area contributed by atoms with E-state index in [0.717, 1.165) is 17.7 Å². The molecule has 2 aromatic carbocycles. The van der Waals surface area contributed by atoms with Gasteiger partial charge in [0, 0.05) is 18.9 Å². The lowest BCUT2D eigenvalue weighted by Crippen LogP contribution is -2.14. The van der Waals surface area contributed by atoms with Crippen molar-refractivity contribution in [2.75, 3.05) is 10.0 Å². The van der Waals surface area contributed by atoms with E-state index in [1.807, 2.05) is 0 Å². The van der Waals surface area contributed by atoms with Crippen LogP contribution in [-0.2, 0) is 28.3 Å². The molecule has 3 rings (SSSR count). The molecule has 0 aliphatic rings. The molecule has 0 aliphatic heterocycles. The van der Waals surface area contributed by atoms with Gasteiger partial charge in [0.1, 0.15) is 5.82 Å². The number of hydrogen-bond donors (Lipinski definition) is 2. The smallest absolute Gasteiger partial charge is 0.261 e. The van der Waals surface area contributed by atoms with E-state index in [0.29, 0.717) is 11.4 Å². The maximum Gasteiger partial charge on any atom is 0.261 e. The Balaban J connectivity index is 1.63. The second-order valence-electron chi connectivity index (χ2n) is 5.88. The highest BCUT2D eigenvalue weighted by atomic mass is 32.2. The Hall–Kier alpha value is -3.20. The molecular formula is C18H17FN4O3S. The number of nitrogens with zero attached hydrogens (tertiary/aromatic N) is 2. The topological polar surface area (TPSA) is 93.1 Å². The number of benzene rings is 2. The van der Waals surface area contributed by atoms with Gasteiger partial charge < -0.3 is 5.32 Å². The zero-order chi connectivity index (χ0) is 19.4. The van der Waals surface area contributed by atoms with Gasteiger partial charge in [-0.3, -0.25) is 14.2 Å². The monoisotopic (exact) mass is 388 g/mol. The van der Waals surface area contributed by atoms with Crippen molar-refractivity contribution in [3.63, 3.8) is 0 Å². The van der Waals surface area contributed by atoms with Crippen molar-refractivity contribution in [3.05, 3.63) is 72.3 Å². The number of anilines is 2. The maximum absolute atomic E-state index is 12.9. The van der Waals surface area contributed by atoms with Crippen LogP contribution in [0.25, 0.3) is 0 Å². The SMILES string of the molecule is Cn1cc(NC(=O)Cc2ccc(NS(=O)(=O)c3ccc(F)cc3)cc2)cn1. The summed E-state index contributed by atoms with van der Waals surface area (Å²) < 4.78 is 41.5. The molecule has 140 valence electrons. The fraction of sp³-hybridized carbons (Fsp3) is 0.111. The van der Waals surface area contributed by atoms with E-state index < -0.39 is 15.8 Å². The van der Waals surface area contributed by atoms with Crippen molar-refractivity contribution in [3.8, 4) is 0 Å². The largest absolute Gasteiger partial charge is 0.323 e. The summed E-state index contributed by atoms with van der Waals surface area (Å²) in [4.78, 5) is 12.0. The first-order valence-electron chi connectivity index (χ1n) is 7.98. The van der Waals surface area contributed by atoms with Crippen LogP contribution in [0.15, 0.2) is 65.8 Å². The predicted octanol–water partition coefficient (Wildman–Crippen LogP) is 2.54. The molecule has 0 atom stereocenters. The summed E-state index contributed by atoms with van der Waals surface area (Å²) in [5, 5.41) is 6.69. The van der Waals surface area contributed by atoms with Crippen LogP contribution in [-0.4, -0.2) is 24.1 Å². The summed E-state index contributed by atoms with van der Waals surface area (Å²) in [7, 11) is -2.06. The molecule has 0 fully saturated rings. The highest BCUT2D eigenvalue weighted by molar-refractivity contribution is 7.92. The maximum atomic E-state index is 12.9. The molecule has 0 bridgehead atoms. The van der Waals surface area contributed by atoms with Crippen LogP contribution < -0.4 is 10.0 Å². The molecule has 0 unspecified atom stereocenters. The van der Waals surface area contributed by atoms with Gasteiger partial charge in [0.25, 0.3) is 10.0 Å². The molecule has 0 spiro atoms. The van der Waals surface area contributed by atoms with Crippen LogP contribution in [0.5, 0.6) is 0 Å². The number of hydrogen-bond acceptors (Lipinski definition) is 4. The summed E-state index contributed by atoms with van der Waals surface area (Å²) in [6.07, 6.45) is 3.37. The van der Waals surface area contributed by atoms with Crippen LogP contribution in [0.1, 0.15) is 5.56 Å². The Morgan fingerprint density at radius 2 is 1.74 bits per heavy atom. The average molecular weight is 388 g/mol. The lowest BCUT2D eigenvalue weighted by Gasteiger charge is -2.09. The van der Waals surface area contributed by atoms with Gasteiger partial charge >= 0.3 is 0 Å². The van der Waals surface area contributed by atoms with Crippen molar-refractivity contribution < 1.29 is 17.6 Å². The number of carbonyl (C=O) groups is 1. The van der Waals surface area contributed by atoms with Crippen LogP contribution in [0, 0.1) is 5.82 Å². The zero-order valence-electron chi connectivity index (χ0n) is 14.4. The molecule has 0 saturated carbocycles. The Morgan fingerprint density at radius 3 is 2.33 bits per heavy atom. The first-order chi connectivity index (χ1) is 12.8. The number of amides is 1. The lowest BCUT2D eigenvalue weighted by atomic mass is 10.1. The number of carbonyl (C=O) groups excluding carboxylic acids is 1. The molecule has 3 aromatic rings. The fourth-order valence-corrected chi connectivity index (χ4v) is 3.45. The zero-order valence-corrected chi connectivity index (χ0v) is 15.2. The molecular weight excluding hydrogens is 371 g/mol. The van der Waals surface area contributed by atoms with Crippen molar-refractivity contribution >= 4 is 27.3 Å². The number of aromatic nitrogens is 2. The molecule has 1 heterocycles. The van der Waals surface area contributed by atoms with E-state index in [-0.39, 0.29) is 17.2 Å². The first-order valence-corrected chi connectivity index (χ1v) is 9.46. The highest BCUT2D eigenvalue weighted by Crippen LogP contribution is 2.17. The van der Waals surface area contributed by atoms with Gasteiger partial charge in [0.15, 0.2) is 0 Å². The average Bonchev–Trinajstić information content (AvgIpc) is 3.01. The molecule has 1 aromatic heterocycles. The van der Waals surface area contributed by atoms with Gasteiger partial charge in [-0.15, -0.1) is 0 Å². The molecule has 2 N–H and O–H groups in total. The summed E-state index contributed by atoms with van der Waals surface area (Å²) >= 11 is 0. The quantitative estimate of drug-likeness (QED) is 0.679. The van der Waals surface area contributed by atoms with Crippen molar-refractivity contribution in [1.82, 2.24) is 9.78 Å².